The van der Waals surface area contributed by atoms with E-state index in [4.69, 9.17) is 5.73 Å². The second kappa shape index (κ2) is 23.1. The second-order valence-electron chi connectivity index (χ2n) is 6.30. The fourth-order valence-electron chi connectivity index (χ4n) is 1.16. The summed E-state index contributed by atoms with van der Waals surface area (Å²) in [5, 5.41) is 0. The zero-order chi connectivity index (χ0) is 20.9. The molecule has 1 aromatic rings. The Morgan fingerprint density at radius 1 is 0.920 bits per heavy atom. The lowest BCUT2D eigenvalue weighted by Gasteiger charge is -2.17. The lowest BCUT2D eigenvalue weighted by atomic mass is 10.0. The van der Waals surface area contributed by atoms with Gasteiger partial charge >= 0.3 is 0 Å². The number of benzene rings is 1. The van der Waals surface area contributed by atoms with Gasteiger partial charge in [0.1, 0.15) is 0 Å². The number of aryl methyl sites for hydroxylation is 1. The predicted octanol–water partition coefficient (Wildman–Crippen LogP) is 8.77. The Bertz CT molecular complexity index is 365. The Labute approximate surface area is 164 Å². The lowest BCUT2D eigenvalue weighted by Crippen LogP contribution is -2.07. The van der Waals surface area contributed by atoms with Crippen molar-refractivity contribution in [1.29, 1.82) is 0 Å². The Hall–Kier alpha value is -0.890. The molecule has 0 unspecified atom stereocenters. The minimum atomic E-state index is 0.364. The van der Waals surface area contributed by atoms with Crippen LogP contribution in [-0.4, -0.2) is 5.75 Å². The molecule has 0 aliphatic heterocycles. The largest absolute Gasteiger partial charge is 0.399 e. The lowest BCUT2D eigenvalue weighted by molar-refractivity contribution is 0.481. The highest BCUT2D eigenvalue weighted by atomic mass is 32.2. The van der Waals surface area contributed by atoms with Crippen LogP contribution < -0.4 is 5.73 Å². The Balaban J connectivity index is -0.000000167. The highest BCUT2D eigenvalue weighted by Crippen LogP contribution is 2.28. The Kier molecular flexibility index (Phi) is 29.4. The van der Waals surface area contributed by atoms with E-state index in [0.29, 0.717) is 5.41 Å². The molecule has 0 atom stereocenters. The summed E-state index contributed by atoms with van der Waals surface area (Å²) in [6, 6.07) is 6.23. The van der Waals surface area contributed by atoms with Gasteiger partial charge in [-0.2, -0.15) is 0 Å². The minimum absolute atomic E-state index is 0.364. The van der Waals surface area contributed by atoms with Crippen LogP contribution in [0.2, 0.25) is 0 Å². The molecule has 0 spiro atoms. The van der Waals surface area contributed by atoms with E-state index in [9.17, 15) is 0 Å². The molecular weight excluding hydrogens is 322 g/mol. The van der Waals surface area contributed by atoms with E-state index in [1.165, 1.54) is 16.9 Å². The summed E-state index contributed by atoms with van der Waals surface area (Å²) in [5.41, 5.74) is 8.25. The smallest absolute Gasteiger partial charge is 0.0327 e. The molecule has 2 N–H and O–H groups in total. The van der Waals surface area contributed by atoms with E-state index < -0.39 is 0 Å². The monoisotopic (exact) mass is 369 g/mol. The van der Waals surface area contributed by atoms with Crippen LogP contribution in [0.5, 0.6) is 0 Å². The number of rotatable bonds is 2. The van der Waals surface area contributed by atoms with Crippen molar-refractivity contribution >= 4 is 17.4 Å². The molecule has 25 heavy (non-hydrogen) atoms. The van der Waals surface area contributed by atoms with Crippen LogP contribution in [0.3, 0.4) is 0 Å². The van der Waals surface area contributed by atoms with Crippen molar-refractivity contribution in [2.45, 2.75) is 94.4 Å². The molecule has 2 heteroatoms. The Morgan fingerprint density at radius 2 is 1.32 bits per heavy atom. The van der Waals surface area contributed by atoms with Crippen molar-refractivity contribution in [1.82, 2.24) is 0 Å². The van der Waals surface area contributed by atoms with Crippen molar-refractivity contribution in [3.8, 4) is 0 Å². The van der Waals surface area contributed by atoms with Gasteiger partial charge in [-0.3, -0.25) is 0 Å². The van der Waals surface area contributed by atoms with Gasteiger partial charge in [0, 0.05) is 16.3 Å². The molecule has 0 saturated heterocycles. The van der Waals surface area contributed by atoms with E-state index >= 15 is 0 Å². The van der Waals surface area contributed by atoms with Crippen LogP contribution in [0.25, 0.3) is 0 Å². The molecule has 0 heterocycles. The van der Waals surface area contributed by atoms with Crippen LogP contribution in [0, 0.1) is 12.3 Å². The van der Waals surface area contributed by atoms with Crippen LogP contribution in [0.4, 0.5) is 5.69 Å². The van der Waals surface area contributed by atoms with Gasteiger partial charge in [-0.05, 0) is 49.9 Å². The molecule has 0 aromatic heterocycles. The van der Waals surface area contributed by atoms with Gasteiger partial charge in [0.15, 0.2) is 0 Å². The first kappa shape index (κ1) is 31.8. The van der Waals surface area contributed by atoms with Crippen molar-refractivity contribution in [2.75, 3.05) is 11.5 Å². The fraction of sp³-hybridized carbons (Fsp3) is 0.652. The molecule has 0 amide bonds. The second-order valence-corrected chi connectivity index (χ2v) is 7.35. The number of allylic oxidation sites excluding steroid dienone is 2. The number of hydrogen-bond acceptors (Lipinski definition) is 2. The van der Waals surface area contributed by atoms with Gasteiger partial charge in [-0.15, -0.1) is 11.8 Å². The summed E-state index contributed by atoms with van der Waals surface area (Å²) >= 11 is 1.88. The average molecular weight is 370 g/mol. The molecule has 1 rings (SSSR count). The fourth-order valence-corrected chi connectivity index (χ4v) is 2.25. The average Bonchev–Trinajstić information content (AvgIpc) is 2.56. The van der Waals surface area contributed by atoms with Crippen molar-refractivity contribution in [2.24, 2.45) is 5.41 Å². The van der Waals surface area contributed by atoms with Gasteiger partial charge < -0.3 is 5.73 Å². The summed E-state index contributed by atoms with van der Waals surface area (Å²) in [7, 11) is 0. The van der Waals surface area contributed by atoms with Crippen molar-refractivity contribution < 1.29 is 0 Å². The maximum absolute atomic E-state index is 5.79. The highest BCUT2D eigenvalue weighted by Gasteiger charge is 2.10. The Morgan fingerprint density at radius 3 is 1.60 bits per heavy atom. The van der Waals surface area contributed by atoms with Crippen LogP contribution in [-0.2, 0) is 0 Å². The molecule has 0 aliphatic rings. The zero-order valence-corrected chi connectivity index (χ0v) is 20.1. The molecule has 0 fully saturated rings. The molecule has 0 aliphatic carbocycles. The third-order valence-corrected chi connectivity index (χ3v) is 3.66. The number of nitrogens with two attached hydrogens (primary N) is 1. The first-order valence-corrected chi connectivity index (χ1v) is 10.8. The van der Waals surface area contributed by atoms with Crippen molar-refractivity contribution in [3.05, 3.63) is 35.9 Å². The number of nitrogen functional groups attached to an aromatic ring is 1. The van der Waals surface area contributed by atoms with E-state index in [0.717, 1.165) is 11.4 Å². The third-order valence-electron chi connectivity index (χ3n) is 2.08. The van der Waals surface area contributed by atoms with Crippen LogP contribution >= 0.6 is 11.8 Å². The van der Waals surface area contributed by atoms with Gasteiger partial charge in [-0.1, -0.05) is 80.9 Å². The predicted molar refractivity (Wildman–Crippen MR) is 125 cm³/mol. The summed E-state index contributed by atoms with van der Waals surface area (Å²) in [5.74, 6) is 1.12. The highest BCUT2D eigenvalue weighted by molar-refractivity contribution is 7.99. The first-order chi connectivity index (χ1) is 11.7. The van der Waals surface area contributed by atoms with Crippen molar-refractivity contribution in [3.63, 3.8) is 0 Å². The number of thioether (sulfide) groups is 1. The van der Waals surface area contributed by atoms with E-state index in [1.807, 2.05) is 77.6 Å². The van der Waals surface area contributed by atoms with Gasteiger partial charge in [-0.25, -0.2) is 0 Å². The van der Waals surface area contributed by atoms with Crippen LogP contribution in [0.1, 0.15) is 88.1 Å². The van der Waals surface area contributed by atoms with Gasteiger partial charge in [0.2, 0.25) is 0 Å². The molecular formula is C23H47NS. The third kappa shape index (κ3) is 31.4. The quantitative estimate of drug-likeness (QED) is 0.320. The van der Waals surface area contributed by atoms with E-state index in [2.05, 4.69) is 47.6 Å². The number of anilines is 1. The molecule has 1 nitrogen and oxygen atoms in total. The first-order valence-electron chi connectivity index (χ1n) is 9.77. The summed E-state index contributed by atoms with van der Waals surface area (Å²) in [6.45, 7) is 25.1. The van der Waals surface area contributed by atoms with Crippen LogP contribution in [0.15, 0.2) is 35.2 Å². The topological polar surface area (TPSA) is 26.0 Å². The summed E-state index contributed by atoms with van der Waals surface area (Å²) in [4.78, 5) is 1.28. The zero-order valence-electron chi connectivity index (χ0n) is 19.3. The number of hydrogen-bond donors (Lipinski definition) is 1. The SMILES string of the molecule is C/C=C\C.CC.CC.CCC.Cc1cc(N)cc(SCC(C)(C)C)c1. The maximum atomic E-state index is 5.79. The maximum Gasteiger partial charge on any atom is 0.0327 e. The molecule has 0 bridgehead atoms. The summed E-state index contributed by atoms with van der Waals surface area (Å²) in [6.07, 6.45) is 5.25. The standard InChI is InChI=1S/C12H19NS.C4H8.C3H8.2C2H6/c1-9-5-10(13)7-11(6-9)14-8-12(2,3)4;1-3-4-2;1-3-2;2*1-2/h5-7H,8,13H2,1-4H3;3-4H,1-2H3;3H2,1-2H3;2*1-2H3/b;4-3-;;;. The van der Waals surface area contributed by atoms with E-state index in [-0.39, 0.29) is 0 Å². The molecule has 150 valence electrons. The molecule has 0 radical (unpaired) electrons. The van der Waals surface area contributed by atoms with E-state index in [1.54, 1.807) is 0 Å². The van der Waals surface area contributed by atoms with Gasteiger partial charge in [0.05, 0.1) is 0 Å². The van der Waals surface area contributed by atoms with Gasteiger partial charge in [0.25, 0.3) is 0 Å². The minimum Gasteiger partial charge on any atom is -0.399 e. The molecule has 0 saturated carbocycles. The normalized spacial score (nSPS) is 9.28. The summed E-state index contributed by atoms with van der Waals surface area (Å²) < 4.78 is 0. The molecule has 1 aromatic carbocycles.